The SMILES string of the molecule is O=[N+]([O-])c1cc(Cl)ccc1NCC1(O)CCCCC1. The monoisotopic (exact) mass is 284 g/mol. The molecule has 0 amide bonds. The summed E-state index contributed by atoms with van der Waals surface area (Å²) in [6, 6.07) is 4.49. The smallest absolute Gasteiger partial charge is 0.293 e. The molecule has 0 aromatic heterocycles. The van der Waals surface area contributed by atoms with Gasteiger partial charge in [0.05, 0.1) is 10.5 Å². The lowest BCUT2D eigenvalue weighted by Gasteiger charge is -2.32. The molecule has 1 aliphatic carbocycles. The van der Waals surface area contributed by atoms with Crippen LogP contribution in [0.3, 0.4) is 0 Å². The molecule has 0 heterocycles. The first-order chi connectivity index (χ1) is 9.00. The number of hydrogen-bond donors (Lipinski definition) is 2. The zero-order valence-corrected chi connectivity index (χ0v) is 11.3. The van der Waals surface area contributed by atoms with Crippen molar-refractivity contribution in [1.82, 2.24) is 0 Å². The number of nitro groups is 1. The van der Waals surface area contributed by atoms with Crippen molar-refractivity contribution < 1.29 is 10.0 Å². The van der Waals surface area contributed by atoms with Crippen LogP contribution in [0.15, 0.2) is 18.2 Å². The van der Waals surface area contributed by atoms with Crippen molar-refractivity contribution in [3.8, 4) is 0 Å². The normalized spacial score (nSPS) is 18.0. The van der Waals surface area contributed by atoms with Gasteiger partial charge < -0.3 is 10.4 Å². The molecular weight excluding hydrogens is 268 g/mol. The second-order valence-corrected chi connectivity index (χ2v) is 5.49. The Morgan fingerprint density at radius 3 is 2.68 bits per heavy atom. The lowest BCUT2D eigenvalue weighted by Crippen LogP contribution is -2.38. The molecule has 0 aliphatic heterocycles. The van der Waals surface area contributed by atoms with Crippen molar-refractivity contribution in [3.63, 3.8) is 0 Å². The number of nitrogens with one attached hydrogen (secondary N) is 1. The van der Waals surface area contributed by atoms with Gasteiger partial charge in [-0.2, -0.15) is 0 Å². The van der Waals surface area contributed by atoms with E-state index in [1.54, 1.807) is 12.1 Å². The molecule has 0 saturated heterocycles. The van der Waals surface area contributed by atoms with E-state index in [-0.39, 0.29) is 5.69 Å². The van der Waals surface area contributed by atoms with Gasteiger partial charge in [0.2, 0.25) is 0 Å². The standard InChI is InChI=1S/C13H17ClN2O3/c14-10-4-5-11(12(8-10)16(18)19)15-9-13(17)6-2-1-3-7-13/h4-5,8,15,17H,1-3,6-7,9H2. The van der Waals surface area contributed by atoms with Gasteiger partial charge >= 0.3 is 0 Å². The Hall–Kier alpha value is -1.33. The highest BCUT2D eigenvalue weighted by molar-refractivity contribution is 6.30. The summed E-state index contributed by atoms with van der Waals surface area (Å²) < 4.78 is 0. The third-order valence-corrected chi connectivity index (χ3v) is 3.78. The van der Waals surface area contributed by atoms with Crippen LogP contribution in [0.2, 0.25) is 5.02 Å². The highest BCUT2D eigenvalue weighted by Gasteiger charge is 2.29. The molecule has 0 bridgehead atoms. The van der Waals surface area contributed by atoms with Gasteiger partial charge in [-0.05, 0) is 25.0 Å². The summed E-state index contributed by atoms with van der Waals surface area (Å²) in [6.07, 6.45) is 4.62. The number of anilines is 1. The van der Waals surface area contributed by atoms with E-state index in [1.165, 1.54) is 6.07 Å². The molecule has 19 heavy (non-hydrogen) atoms. The molecule has 104 valence electrons. The van der Waals surface area contributed by atoms with Crippen LogP contribution in [0.25, 0.3) is 0 Å². The molecule has 1 aromatic carbocycles. The van der Waals surface area contributed by atoms with E-state index in [0.717, 1.165) is 32.1 Å². The lowest BCUT2D eigenvalue weighted by atomic mass is 9.85. The van der Waals surface area contributed by atoms with Crippen LogP contribution >= 0.6 is 11.6 Å². The summed E-state index contributed by atoms with van der Waals surface area (Å²) in [7, 11) is 0. The second-order valence-electron chi connectivity index (χ2n) is 5.06. The molecule has 0 atom stereocenters. The highest BCUT2D eigenvalue weighted by atomic mass is 35.5. The van der Waals surface area contributed by atoms with E-state index in [2.05, 4.69) is 5.32 Å². The van der Waals surface area contributed by atoms with Crippen LogP contribution in [-0.4, -0.2) is 22.2 Å². The zero-order valence-electron chi connectivity index (χ0n) is 10.6. The summed E-state index contributed by atoms with van der Waals surface area (Å²) in [5.41, 5.74) is -0.425. The molecule has 0 radical (unpaired) electrons. The summed E-state index contributed by atoms with van der Waals surface area (Å²) >= 11 is 5.76. The first-order valence-corrected chi connectivity index (χ1v) is 6.78. The van der Waals surface area contributed by atoms with Gasteiger partial charge in [0.1, 0.15) is 5.69 Å². The van der Waals surface area contributed by atoms with Crippen LogP contribution < -0.4 is 5.32 Å². The van der Waals surface area contributed by atoms with Gasteiger partial charge in [0.15, 0.2) is 0 Å². The summed E-state index contributed by atoms with van der Waals surface area (Å²) in [4.78, 5) is 10.5. The van der Waals surface area contributed by atoms with Gasteiger partial charge in [0.25, 0.3) is 5.69 Å². The zero-order chi connectivity index (χ0) is 13.9. The quantitative estimate of drug-likeness (QED) is 0.657. The summed E-state index contributed by atoms with van der Waals surface area (Å²) in [6.45, 7) is 0.329. The molecule has 5 nitrogen and oxygen atoms in total. The van der Waals surface area contributed by atoms with Crippen molar-refractivity contribution in [1.29, 1.82) is 0 Å². The van der Waals surface area contributed by atoms with Gasteiger partial charge in [-0.3, -0.25) is 10.1 Å². The minimum atomic E-state index is -0.758. The molecule has 1 aliphatic rings. The molecule has 1 saturated carbocycles. The molecule has 2 N–H and O–H groups in total. The van der Waals surface area contributed by atoms with Gasteiger partial charge in [-0.15, -0.1) is 0 Å². The molecule has 2 rings (SSSR count). The first kappa shape index (κ1) is 14.1. The van der Waals surface area contributed by atoms with Gasteiger partial charge in [-0.1, -0.05) is 30.9 Å². The third-order valence-electron chi connectivity index (χ3n) is 3.55. The fourth-order valence-electron chi connectivity index (χ4n) is 2.45. The highest BCUT2D eigenvalue weighted by Crippen LogP contribution is 2.31. The number of rotatable bonds is 4. The van der Waals surface area contributed by atoms with Crippen LogP contribution in [0, 0.1) is 10.1 Å². The maximum Gasteiger partial charge on any atom is 0.293 e. The van der Waals surface area contributed by atoms with Crippen molar-refractivity contribution in [3.05, 3.63) is 33.3 Å². The number of halogens is 1. The first-order valence-electron chi connectivity index (χ1n) is 6.40. The molecule has 1 aromatic rings. The predicted octanol–water partition coefficient (Wildman–Crippen LogP) is 3.36. The Morgan fingerprint density at radius 1 is 1.37 bits per heavy atom. The largest absolute Gasteiger partial charge is 0.388 e. The van der Waals surface area contributed by atoms with E-state index in [9.17, 15) is 15.2 Å². The fourth-order valence-corrected chi connectivity index (χ4v) is 2.62. The Morgan fingerprint density at radius 2 is 2.05 bits per heavy atom. The predicted molar refractivity (Wildman–Crippen MR) is 74.6 cm³/mol. The van der Waals surface area contributed by atoms with Crippen molar-refractivity contribution >= 4 is 23.0 Å². The van der Waals surface area contributed by atoms with Crippen molar-refractivity contribution in [2.24, 2.45) is 0 Å². The minimum Gasteiger partial charge on any atom is -0.388 e. The Balaban J connectivity index is 2.08. The van der Waals surface area contributed by atoms with Crippen molar-refractivity contribution in [2.45, 2.75) is 37.7 Å². The average molecular weight is 285 g/mol. The van der Waals surface area contributed by atoms with Crippen LogP contribution in [-0.2, 0) is 0 Å². The number of nitro benzene ring substituents is 1. The van der Waals surface area contributed by atoms with Crippen LogP contribution in [0.1, 0.15) is 32.1 Å². The van der Waals surface area contributed by atoms with Gasteiger partial charge in [0, 0.05) is 17.6 Å². The Labute approximate surface area is 116 Å². The van der Waals surface area contributed by atoms with Gasteiger partial charge in [-0.25, -0.2) is 0 Å². The van der Waals surface area contributed by atoms with E-state index in [1.807, 2.05) is 0 Å². The second kappa shape index (κ2) is 5.75. The molecule has 0 spiro atoms. The van der Waals surface area contributed by atoms with E-state index < -0.39 is 10.5 Å². The molecule has 6 heteroatoms. The van der Waals surface area contributed by atoms with E-state index >= 15 is 0 Å². The Bertz CT molecular complexity index is 473. The van der Waals surface area contributed by atoms with E-state index in [4.69, 9.17) is 11.6 Å². The third kappa shape index (κ3) is 3.58. The molecular formula is C13H17ClN2O3. The van der Waals surface area contributed by atoms with Crippen LogP contribution in [0.4, 0.5) is 11.4 Å². The topological polar surface area (TPSA) is 75.4 Å². The lowest BCUT2D eigenvalue weighted by molar-refractivity contribution is -0.384. The Kier molecular flexibility index (Phi) is 4.27. The minimum absolute atomic E-state index is 0.0630. The maximum atomic E-state index is 10.9. The fraction of sp³-hybridized carbons (Fsp3) is 0.538. The molecule has 0 unspecified atom stereocenters. The van der Waals surface area contributed by atoms with Crippen LogP contribution in [0.5, 0.6) is 0 Å². The number of benzene rings is 1. The number of hydrogen-bond acceptors (Lipinski definition) is 4. The summed E-state index contributed by atoms with van der Waals surface area (Å²) in [5.74, 6) is 0. The summed E-state index contributed by atoms with van der Waals surface area (Å²) in [5, 5.41) is 24.6. The number of nitrogens with zero attached hydrogens (tertiary/aromatic N) is 1. The molecule has 1 fully saturated rings. The number of aliphatic hydroxyl groups is 1. The average Bonchev–Trinajstić information content (AvgIpc) is 2.38. The van der Waals surface area contributed by atoms with E-state index in [0.29, 0.717) is 17.3 Å². The van der Waals surface area contributed by atoms with Crippen molar-refractivity contribution in [2.75, 3.05) is 11.9 Å². The maximum absolute atomic E-state index is 10.9.